The Hall–Kier alpha value is -3.91. The molecule has 0 radical (unpaired) electrons. The molecule has 0 aliphatic carbocycles. The molecule has 4 rings (SSSR count). The lowest BCUT2D eigenvalue weighted by Crippen LogP contribution is -2.49. The summed E-state index contributed by atoms with van der Waals surface area (Å²) in [6, 6.07) is 22.8. The molecule has 0 saturated carbocycles. The second-order valence-electron chi connectivity index (χ2n) is 8.01. The smallest absolute Gasteiger partial charge is 0.414 e. The van der Waals surface area contributed by atoms with Gasteiger partial charge in [-0.1, -0.05) is 54.6 Å². The minimum atomic E-state index is -1.82. The van der Waals surface area contributed by atoms with E-state index in [1.807, 2.05) is 36.1 Å². The first-order valence-electron chi connectivity index (χ1n) is 11.0. The predicted octanol–water partition coefficient (Wildman–Crippen LogP) is 3.03. The van der Waals surface area contributed by atoms with Crippen LogP contribution in [0.2, 0.25) is 0 Å². The van der Waals surface area contributed by atoms with Crippen molar-refractivity contribution in [2.75, 3.05) is 32.8 Å². The average molecular weight is 465 g/mol. The van der Waals surface area contributed by atoms with Crippen molar-refractivity contribution in [3.05, 3.63) is 77.9 Å². The molecule has 0 atom stereocenters. The van der Waals surface area contributed by atoms with Crippen LogP contribution in [0.5, 0.6) is 5.75 Å². The summed E-state index contributed by atoms with van der Waals surface area (Å²) < 4.78 is 5.67. The lowest BCUT2D eigenvalue weighted by molar-refractivity contribution is -0.159. The van der Waals surface area contributed by atoms with E-state index >= 15 is 0 Å². The van der Waals surface area contributed by atoms with Gasteiger partial charge in [-0.15, -0.1) is 0 Å². The van der Waals surface area contributed by atoms with Crippen LogP contribution >= 0.6 is 0 Å². The summed E-state index contributed by atoms with van der Waals surface area (Å²) in [6.45, 7) is 6.32. The van der Waals surface area contributed by atoms with E-state index in [4.69, 9.17) is 24.5 Å². The van der Waals surface area contributed by atoms with Gasteiger partial charge >= 0.3 is 11.9 Å². The summed E-state index contributed by atoms with van der Waals surface area (Å²) in [5.74, 6) is -2.83. The van der Waals surface area contributed by atoms with Gasteiger partial charge in [-0.25, -0.2) is 9.59 Å². The second-order valence-corrected chi connectivity index (χ2v) is 8.01. The number of aliphatic carboxylic acids is 2. The third kappa shape index (κ3) is 7.05. The van der Waals surface area contributed by atoms with Crippen LogP contribution in [0.15, 0.2) is 66.7 Å². The molecule has 0 bridgehead atoms. The molecule has 8 heteroatoms. The molecular weight excluding hydrogens is 436 g/mol. The van der Waals surface area contributed by atoms with E-state index in [1.165, 1.54) is 16.3 Å². The van der Waals surface area contributed by atoms with Crippen LogP contribution < -0.4 is 4.74 Å². The third-order valence-electron chi connectivity index (χ3n) is 5.53. The van der Waals surface area contributed by atoms with Gasteiger partial charge < -0.3 is 19.8 Å². The van der Waals surface area contributed by atoms with Gasteiger partial charge in [0, 0.05) is 32.7 Å². The molecule has 3 aromatic carbocycles. The zero-order valence-electron chi connectivity index (χ0n) is 19.0. The molecule has 1 aliphatic heterocycles. The number of benzene rings is 3. The lowest BCUT2D eigenvalue weighted by atomic mass is 10.0. The number of nitrogens with zero attached hydrogens (tertiary/aromatic N) is 2. The largest absolute Gasteiger partial charge is 0.484 e. The first-order valence-corrected chi connectivity index (χ1v) is 11.0. The maximum absolute atomic E-state index is 12.5. The van der Waals surface area contributed by atoms with E-state index in [0.29, 0.717) is 0 Å². The number of fused-ring (bicyclic) bond motifs is 1. The second kappa shape index (κ2) is 11.8. The first-order chi connectivity index (χ1) is 16.3. The summed E-state index contributed by atoms with van der Waals surface area (Å²) in [5, 5.41) is 17.4. The van der Waals surface area contributed by atoms with Crippen molar-refractivity contribution in [1.82, 2.24) is 9.80 Å². The number of ether oxygens (including phenoxy) is 1. The Bertz CT molecular complexity index is 1140. The number of piperazine rings is 1. The molecule has 0 unspecified atom stereocenters. The van der Waals surface area contributed by atoms with Gasteiger partial charge in [0.25, 0.3) is 5.91 Å². The highest BCUT2D eigenvalue weighted by Gasteiger charge is 2.21. The molecule has 1 heterocycles. The fourth-order valence-corrected chi connectivity index (χ4v) is 3.77. The van der Waals surface area contributed by atoms with Crippen molar-refractivity contribution >= 4 is 28.6 Å². The van der Waals surface area contributed by atoms with E-state index in [9.17, 15) is 4.79 Å². The Labute approximate surface area is 198 Å². The van der Waals surface area contributed by atoms with Crippen LogP contribution in [0.1, 0.15) is 11.1 Å². The summed E-state index contributed by atoms with van der Waals surface area (Å²) in [6.07, 6.45) is 0. The maximum atomic E-state index is 12.5. The van der Waals surface area contributed by atoms with E-state index in [1.54, 1.807) is 0 Å². The standard InChI is InChI=1S/C24H26N2O2.C2H2O4/c1-19-6-4-10-22(16-19)28-18-24(27)26-14-12-25(13-15-26)17-21-9-5-8-20-7-2-3-11-23(20)21;3-1(4)2(5)6/h2-11,16H,12-15,17-18H2,1H3;(H,3,4)(H,5,6). The van der Waals surface area contributed by atoms with Crippen LogP contribution in [0.25, 0.3) is 10.8 Å². The molecule has 178 valence electrons. The van der Waals surface area contributed by atoms with Crippen LogP contribution in [-0.4, -0.2) is 70.6 Å². The Kier molecular flexibility index (Phi) is 8.59. The number of hydrogen-bond acceptors (Lipinski definition) is 5. The van der Waals surface area contributed by atoms with E-state index < -0.39 is 11.9 Å². The maximum Gasteiger partial charge on any atom is 0.414 e. The van der Waals surface area contributed by atoms with E-state index in [2.05, 4.69) is 47.4 Å². The number of hydrogen-bond donors (Lipinski definition) is 2. The molecule has 1 amide bonds. The number of aryl methyl sites for hydroxylation is 1. The highest BCUT2D eigenvalue weighted by molar-refractivity contribution is 6.27. The molecular formula is C26H28N2O6. The monoisotopic (exact) mass is 464 g/mol. The van der Waals surface area contributed by atoms with Crippen molar-refractivity contribution in [2.45, 2.75) is 13.5 Å². The Morgan fingerprint density at radius 2 is 1.50 bits per heavy atom. The van der Waals surface area contributed by atoms with Crippen LogP contribution in [0, 0.1) is 6.92 Å². The Morgan fingerprint density at radius 3 is 2.18 bits per heavy atom. The van der Waals surface area contributed by atoms with Gasteiger partial charge in [0.05, 0.1) is 0 Å². The zero-order valence-corrected chi connectivity index (χ0v) is 19.0. The Balaban J connectivity index is 0.000000481. The quantitative estimate of drug-likeness (QED) is 0.559. The normalized spacial score (nSPS) is 13.6. The summed E-state index contributed by atoms with van der Waals surface area (Å²) in [5.41, 5.74) is 2.48. The third-order valence-corrected chi connectivity index (χ3v) is 5.53. The van der Waals surface area contributed by atoms with Crippen LogP contribution in [-0.2, 0) is 20.9 Å². The number of carboxylic acid groups (broad SMARTS) is 2. The van der Waals surface area contributed by atoms with Crippen LogP contribution in [0.4, 0.5) is 0 Å². The van der Waals surface area contributed by atoms with Crippen molar-refractivity contribution in [1.29, 1.82) is 0 Å². The lowest BCUT2D eigenvalue weighted by Gasteiger charge is -2.34. The van der Waals surface area contributed by atoms with Gasteiger partial charge in [0.15, 0.2) is 6.61 Å². The number of amides is 1. The SMILES string of the molecule is Cc1cccc(OCC(=O)N2CCN(Cc3cccc4ccccc34)CC2)c1.O=C(O)C(=O)O. The number of carboxylic acids is 2. The van der Waals surface area contributed by atoms with Crippen LogP contribution in [0.3, 0.4) is 0 Å². The molecule has 2 N–H and O–H groups in total. The highest BCUT2D eigenvalue weighted by Crippen LogP contribution is 2.20. The van der Waals surface area contributed by atoms with E-state index in [-0.39, 0.29) is 12.5 Å². The van der Waals surface area contributed by atoms with E-state index in [0.717, 1.165) is 44.0 Å². The topological polar surface area (TPSA) is 107 Å². The summed E-state index contributed by atoms with van der Waals surface area (Å²) >= 11 is 0. The first kappa shape index (κ1) is 24.7. The summed E-state index contributed by atoms with van der Waals surface area (Å²) in [7, 11) is 0. The van der Waals surface area contributed by atoms with Crippen molar-refractivity contribution in [2.24, 2.45) is 0 Å². The average Bonchev–Trinajstić information content (AvgIpc) is 2.84. The number of rotatable bonds is 5. The Morgan fingerprint density at radius 1 is 0.853 bits per heavy atom. The molecule has 3 aromatic rings. The van der Waals surface area contributed by atoms with Gasteiger partial charge in [-0.2, -0.15) is 0 Å². The highest BCUT2D eigenvalue weighted by atomic mass is 16.5. The molecule has 1 aliphatic rings. The van der Waals surface area contributed by atoms with Crippen molar-refractivity contribution in [3.63, 3.8) is 0 Å². The molecule has 1 fully saturated rings. The fraction of sp³-hybridized carbons (Fsp3) is 0.269. The van der Waals surface area contributed by atoms with Gasteiger partial charge in [-0.05, 0) is 41.0 Å². The molecule has 1 saturated heterocycles. The van der Waals surface area contributed by atoms with Gasteiger partial charge in [0.1, 0.15) is 5.75 Å². The van der Waals surface area contributed by atoms with Crippen molar-refractivity contribution in [3.8, 4) is 5.75 Å². The zero-order chi connectivity index (χ0) is 24.5. The number of carbonyl (C=O) groups excluding carboxylic acids is 1. The summed E-state index contributed by atoms with van der Waals surface area (Å²) in [4.78, 5) is 35.0. The molecule has 8 nitrogen and oxygen atoms in total. The predicted molar refractivity (Wildman–Crippen MR) is 128 cm³/mol. The minimum absolute atomic E-state index is 0.0614. The van der Waals surface area contributed by atoms with Gasteiger partial charge in [0.2, 0.25) is 0 Å². The fourth-order valence-electron chi connectivity index (χ4n) is 3.77. The number of carbonyl (C=O) groups is 3. The van der Waals surface area contributed by atoms with Crippen molar-refractivity contribution < 1.29 is 29.3 Å². The van der Waals surface area contributed by atoms with Gasteiger partial charge in [-0.3, -0.25) is 9.69 Å². The molecule has 34 heavy (non-hydrogen) atoms. The molecule has 0 aromatic heterocycles. The molecule has 0 spiro atoms. The minimum Gasteiger partial charge on any atom is -0.484 e.